The van der Waals surface area contributed by atoms with E-state index in [2.05, 4.69) is 22.5 Å². The summed E-state index contributed by atoms with van der Waals surface area (Å²) in [4.78, 5) is 43.4. The molecule has 0 aromatic rings. The molecule has 7 heteroatoms. The summed E-state index contributed by atoms with van der Waals surface area (Å²) in [5.41, 5.74) is 0. The average molecular weight is 433 g/mol. The van der Waals surface area contributed by atoms with Gasteiger partial charge >= 0.3 is 0 Å². The Hall–Kier alpha value is -1.63. The minimum atomic E-state index is -0.379. The van der Waals surface area contributed by atoms with E-state index in [-0.39, 0.29) is 41.8 Å². The van der Waals surface area contributed by atoms with Gasteiger partial charge in [-0.1, -0.05) is 19.8 Å². The highest BCUT2D eigenvalue weighted by Gasteiger charge is 2.50. The molecule has 2 N–H and O–H groups in total. The van der Waals surface area contributed by atoms with Gasteiger partial charge in [0.05, 0.1) is 6.04 Å². The lowest BCUT2D eigenvalue weighted by Crippen LogP contribution is -2.55. The zero-order valence-corrected chi connectivity index (χ0v) is 19.3. The van der Waals surface area contributed by atoms with E-state index in [1.165, 1.54) is 0 Å². The lowest BCUT2D eigenvalue weighted by atomic mass is 9.93. The van der Waals surface area contributed by atoms with E-state index >= 15 is 0 Å². The van der Waals surface area contributed by atoms with E-state index < -0.39 is 0 Å². The second-order valence-corrected chi connectivity index (χ2v) is 10.2. The summed E-state index contributed by atoms with van der Waals surface area (Å²) in [6.07, 6.45) is 9.71. The summed E-state index contributed by atoms with van der Waals surface area (Å²) < 4.78 is 0. The lowest BCUT2D eigenvalue weighted by Gasteiger charge is -2.33. The molecule has 4 rings (SSSR count). The number of amides is 3. The molecule has 0 radical (unpaired) electrons. The van der Waals surface area contributed by atoms with E-state index in [0.29, 0.717) is 24.9 Å². The average Bonchev–Trinajstić information content (AvgIpc) is 3.14. The molecular weight excluding hydrogens is 392 g/mol. The van der Waals surface area contributed by atoms with Crippen LogP contribution in [0.15, 0.2) is 0 Å². The molecule has 5 unspecified atom stereocenters. The van der Waals surface area contributed by atoms with Crippen LogP contribution in [0, 0.1) is 11.8 Å². The summed E-state index contributed by atoms with van der Waals surface area (Å²) in [7, 11) is 0. The van der Waals surface area contributed by atoms with Crippen LogP contribution in [0.2, 0.25) is 0 Å². The van der Waals surface area contributed by atoms with Gasteiger partial charge in [0.1, 0.15) is 6.04 Å². The molecule has 31 heavy (non-hydrogen) atoms. The quantitative estimate of drug-likeness (QED) is 0.584. The number of nitrogens with zero attached hydrogens (tertiary/aromatic N) is 2. The summed E-state index contributed by atoms with van der Waals surface area (Å²) in [6.45, 7) is 6.73. The Bertz CT molecular complexity index is 674. The summed E-state index contributed by atoms with van der Waals surface area (Å²) in [5.74, 6) is 0.788. The Morgan fingerprint density at radius 1 is 1.03 bits per heavy atom. The van der Waals surface area contributed by atoms with Crippen molar-refractivity contribution >= 4 is 17.7 Å². The first-order valence-corrected chi connectivity index (χ1v) is 12.6. The van der Waals surface area contributed by atoms with Crippen LogP contribution in [0.4, 0.5) is 0 Å². The van der Waals surface area contributed by atoms with E-state index in [9.17, 15) is 14.4 Å². The number of nitrogens with one attached hydrogen (secondary N) is 2. The second-order valence-electron chi connectivity index (χ2n) is 10.2. The largest absolute Gasteiger partial charge is 0.353 e. The maximum absolute atomic E-state index is 13.5. The molecule has 2 saturated carbocycles. The SMILES string of the molecule is CCCC(CC(=O)NC1CC1)NC(=O)C1C2CCCC2CN1C(=O)C(C)N1CCCC1. The minimum Gasteiger partial charge on any atom is -0.353 e. The monoisotopic (exact) mass is 432 g/mol. The number of rotatable bonds is 9. The summed E-state index contributed by atoms with van der Waals surface area (Å²) >= 11 is 0. The smallest absolute Gasteiger partial charge is 0.243 e. The highest BCUT2D eigenvalue weighted by atomic mass is 16.2. The number of fused-ring (bicyclic) bond motifs is 1. The standard InChI is InChI=1S/C24H40N4O3/c1-3-7-19(14-21(29)25-18-10-11-18)26-23(30)22-20-9-6-8-17(20)15-28(22)24(31)16(2)27-12-4-5-13-27/h16-20,22H,3-15H2,1-2H3,(H,25,29)(H,26,30). The Morgan fingerprint density at radius 3 is 2.45 bits per heavy atom. The van der Waals surface area contributed by atoms with Crippen molar-refractivity contribution in [3.8, 4) is 0 Å². The molecular formula is C24H40N4O3. The van der Waals surface area contributed by atoms with Crippen LogP contribution in [0.25, 0.3) is 0 Å². The van der Waals surface area contributed by atoms with E-state index in [0.717, 1.165) is 70.9 Å². The fourth-order valence-corrected chi connectivity index (χ4v) is 5.99. The van der Waals surface area contributed by atoms with Gasteiger partial charge in [-0.3, -0.25) is 19.3 Å². The van der Waals surface area contributed by atoms with Crippen LogP contribution in [0.1, 0.15) is 78.1 Å². The third-order valence-electron chi connectivity index (χ3n) is 7.85. The molecule has 4 fully saturated rings. The third-order valence-corrected chi connectivity index (χ3v) is 7.85. The van der Waals surface area contributed by atoms with Crippen molar-refractivity contribution in [3.63, 3.8) is 0 Å². The van der Waals surface area contributed by atoms with Crippen molar-refractivity contribution < 1.29 is 14.4 Å². The molecule has 174 valence electrons. The number of hydrogen-bond donors (Lipinski definition) is 2. The Balaban J connectivity index is 1.43. The predicted molar refractivity (Wildman–Crippen MR) is 119 cm³/mol. The Kier molecular flexibility index (Phi) is 7.19. The number of hydrogen-bond acceptors (Lipinski definition) is 4. The van der Waals surface area contributed by atoms with Crippen molar-refractivity contribution in [1.82, 2.24) is 20.4 Å². The minimum absolute atomic E-state index is 0.0296. The van der Waals surface area contributed by atoms with Gasteiger partial charge < -0.3 is 15.5 Å². The zero-order chi connectivity index (χ0) is 22.0. The van der Waals surface area contributed by atoms with Crippen molar-refractivity contribution in [2.24, 2.45) is 11.8 Å². The first kappa shape index (κ1) is 22.6. The maximum atomic E-state index is 13.5. The van der Waals surface area contributed by atoms with E-state index in [1.54, 1.807) is 0 Å². The van der Waals surface area contributed by atoms with Crippen molar-refractivity contribution in [1.29, 1.82) is 0 Å². The third kappa shape index (κ3) is 5.24. The van der Waals surface area contributed by atoms with Crippen LogP contribution in [-0.4, -0.2) is 71.3 Å². The van der Waals surface area contributed by atoms with Crippen LogP contribution in [-0.2, 0) is 14.4 Å². The molecule has 2 aliphatic heterocycles. The fraction of sp³-hybridized carbons (Fsp3) is 0.875. The lowest BCUT2D eigenvalue weighted by molar-refractivity contribution is -0.143. The number of carbonyl (C=O) groups is 3. The fourth-order valence-electron chi connectivity index (χ4n) is 5.99. The van der Waals surface area contributed by atoms with Crippen LogP contribution >= 0.6 is 0 Å². The maximum Gasteiger partial charge on any atom is 0.243 e. The van der Waals surface area contributed by atoms with Gasteiger partial charge in [0.25, 0.3) is 0 Å². The molecule has 0 aromatic carbocycles. The molecule has 0 spiro atoms. The van der Waals surface area contributed by atoms with Gasteiger partial charge in [-0.05, 0) is 76.8 Å². The van der Waals surface area contributed by atoms with Gasteiger partial charge in [-0.15, -0.1) is 0 Å². The van der Waals surface area contributed by atoms with E-state index in [4.69, 9.17) is 0 Å². The molecule has 2 heterocycles. The Labute approximate surface area is 186 Å². The van der Waals surface area contributed by atoms with Gasteiger partial charge in [-0.2, -0.15) is 0 Å². The van der Waals surface area contributed by atoms with Crippen LogP contribution in [0.3, 0.4) is 0 Å². The normalized spacial score (nSPS) is 30.1. The van der Waals surface area contributed by atoms with Crippen molar-refractivity contribution in [3.05, 3.63) is 0 Å². The second kappa shape index (κ2) is 9.88. The van der Waals surface area contributed by atoms with E-state index in [1.807, 2.05) is 11.8 Å². The van der Waals surface area contributed by atoms with Crippen LogP contribution in [0.5, 0.6) is 0 Å². The Morgan fingerprint density at radius 2 is 1.77 bits per heavy atom. The van der Waals surface area contributed by atoms with Gasteiger partial charge in [0.15, 0.2) is 0 Å². The number of carbonyl (C=O) groups excluding carboxylic acids is 3. The topological polar surface area (TPSA) is 81.8 Å². The molecule has 3 amide bonds. The summed E-state index contributed by atoms with van der Waals surface area (Å²) in [6, 6.07) is -0.368. The molecule has 7 nitrogen and oxygen atoms in total. The highest BCUT2D eigenvalue weighted by Crippen LogP contribution is 2.42. The van der Waals surface area contributed by atoms with Gasteiger partial charge in [0.2, 0.25) is 17.7 Å². The molecule has 0 bridgehead atoms. The van der Waals surface area contributed by atoms with Crippen molar-refractivity contribution in [2.75, 3.05) is 19.6 Å². The molecule has 0 aromatic heterocycles. The molecule has 2 saturated heterocycles. The first-order valence-electron chi connectivity index (χ1n) is 12.6. The van der Waals surface area contributed by atoms with Crippen molar-refractivity contribution in [2.45, 2.75) is 102 Å². The van der Waals surface area contributed by atoms with Crippen LogP contribution < -0.4 is 10.6 Å². The molecule has 2 aliphatic carbocycles. The zero-order valence-electron chi connectivity index (χ0n) is 19.3. The molecule has 5 atom stereocenters. The van der Waals surface area contributed by atoms with Gasteiger partial charge in [0, 0.05) is 25.0 Å². The highest BCUT2D eigenvalue weighted by molar-refractivity contribution is 5.91. The first-order chi connectivity index (χ1) is 15.0. The number of likely N-dealkylation sites (tertiary alicyclic amines) is 2. The van der Waals surface area contributed by atoms with Gasteiger partial charge in [-0.25, -0.2) is 0 Å². The predicted octanol–water partition coefficient (Wildman–Crippen LogP) is 2.05. The summed E-state index contributed by atoms with van der Waals surface area (Å²) in [5, 5.41) is 6.22. The molecule has 4 aliphatic rings.